The molecule has 5 heteroatoms. The Morgan fingerprint density at radius 2 is 1.85 bits per heavy atom. The Balaban J connectivity index is 1.82. The van der Waals surface area contributed by atoms with Gasteiger partial charge in [-0.25, -0.2) is 0 Å². The zero-order valence-corrected chi connectivity index (χ0v) is 12.4. The highest BCUT2D eigenvalue weighted by molar-refractivity contribution is 6.13. The Morgan fingerprint density at radius 1 is 1.25 bits per heavy atom. The topological polar surface area (TPSA) is 57.7 Å². The van der Waals surface area contributed by atoms with Crippen molar-refractivity contribution in [3.8, 4) is 0 Å². The molecule has 0 aromatic carbocycles. The van der Waals surface area contributed by atoms with Crippen molar-refractivity contribution in [1.29, 1.82) is 0 Å². The number of hydrogen-bond donors (Lipinski definition) is 0. The minimum atomic E-state index is -0.322. The molecule has 0 spiro atoms. The maximum atomic E-state index is 12.1. The van der Waals surface area contributed by atoms with Crippen molar-refractivity contribution in [2.24, 2.45) is 11.3 Å². The summed E-state index contributed by atoms with van der Waals surface area (Å²) >= 11 is 0. The molecule has 2 rings (SSSR count). The molecule has 1 atom stereocenters. The summed E-state index contributed by atoms with van der Waals surface area (Å²) in [5.41, 5.74) is 0.208. The van der Waals surface area contributed by atoms with Gasteiger partial charge in [0.2, 0.25) is 5.91 Å². The Hall–Kier alpha value is -1.65. The normalized spacial score (nSPS) is 23.1. The molecule has 2 aliphatic heterocycles. The number of hydrogen-bond acceptors (Lipinski definition) is 3. The summed E-state index contributed by atoms with van der Waals surface area (Å²) in [6, 6.07) is 0. The molecule has 0 aromatic rings. The molecular formula is C15H22N2O3. The number of carbonyl (C=O) groups excluding carboxylic acids is 3. The summed E-state index contributed by atoms with van der Waals surface area (Å²) in [5.74, 6) is -0.0963. The van der Waals surface area contributed by atoms with Crippen LogP contribution in [0.2, 0.25) is 0 Å². The van der Waals surface area contributed by atoms with Crippen molar-refractivity contribution >= 4 is 17.7 Å². The lowest BCUT2D eigenvalue weighted by atomic mass is 9.80. The Kier molecular flexibility index (Phi) is 3.97. The van der Waals surface area contributed by atoms with Crippen molar-refractivity contribution < 1.29 is 14.4 Å². The number of nitrogens with zero attached hydrogens (tertiary/aromatic N) is 2. The average Bonchev–Trinajstić information content (AvgIpc) is 2.95. The second-order valence-electron chi connectivity index (χ2n) is 6.60. The Bertz CT molecular complexity index is 444. The van der Waals surface area contributed by atoms with Crippen molar-refractivity contribution in [1.82, 2.24) is 9.80 Å². The summed E-state index contributed by atoms with van der Waals surface area (Å²) < 4.78 is 0. The van der Waals surface area contributed by atoms with Crippen LogP contribution in [0.3, 0.4) is 0 Å². The number of likely N-dealkylation sites (tertiary alicyclic amines) is 1. The van der Waals surface area contributed by atoms with E-state index in [4.69, 9.17) is 0 Å². The summed E-state index contributed by atoms with van der Waals surface area (Å²) in [7, 11) is 0. The van der Waals surface area contributed by atoms with Gasteiger partial charge in [-0.1, -0.05) is 20.8 Å². The fourth-order valence-electron chi connectivity index (χ4n) is 2.71. The Morgan fingerprint density at radius 3 is 2.35 bits per heavy atom. The van der Waals surface area contributed by atoms with Gasteiger partial charge in [-0.3, -0.25) is 19.3 Å². The van der Waals surface area contributed by atoms with Crippen LogP contribution in [-0.2, 0) is 14.4 Å². The van der Waals surface area contributed by atoms with Crippen LogP contribution in [0.25, 0.3) is 0 Å². The zero-order chi connectivity index (χ0) is 14.9. The number of amides is 3. The van der Waals surface area contributed by atoms with Gasteiger partial charge in [0.05, 0.1) is 0 Å². The van der Waals surface area contributed by atoms with Gasteiger partial charge in [0, 0.05) is 38.2 Å². The van der Waals surface area contributed by atoms with Gasteiger partial charge >= 0.3 is 0 Å². The van der Waals surface area contributed by atoms with Gasteiger partial charge in [0.25, 0.3) is 11.8 Å². The molecule has 3 amide bonds. The number of carbonyl (C=O) groups is 3. The van der Waals surface area contributed by atoms with Crippen LogP contribution in [0, 0.1) is 11.3 Å². The van der Waals surface area contributed by atoms with Crippen molar-refractivity contribution in [3.63, 3.8) is 0 Å². The van der Waals surface area contributed by atoms with Crippen LogP contribution < -0.4 is 0 Å². The predicted octanol–water partition coefficient (Wildman–Crippen LogP) is 1.20. The molecule has 0 unspecified atom stereocenters. The van der Waals surface area contributed by atoms with E-state index in [1.807, 2.05) is 4.90 Å². The molecule has 2 heterocycles. The van der Waals surface area contributed by atoms with Crippen molar-refractivity contribution in [2.75, 3.05) is 19.6 Å². The summed E-state index contributed by atoms with van der Waals surface area (Å²) in [5, 5.41) is 0. The highest BCUT2D eigenvalue weighted by Gasteiger charge is 2.34. The van der Waals surface area contributed by atoms with Crippen LogP contribution in [0.1, 0.15) is 33.6 Å². The van der Waals surface area contributed by atoms with Crippen molar-refractivity contribution in [2.45, 2.75) is 33.6 Å². The summed E-state index contributed by atoms with van der Waals surface area (Å²) in [6.45, 7) is 8.32. The molecular weight excluding hydrogens is 256 g/mol. The maximum Gasteiger partial charge on any atom is 0.253 e. The van der Waals surface area contributed by atoms with Crippen LogP contribution in [-0.4, -0.2) is 47.2 Å². The molecule has 0 bridgehead atoms. The molecule has 0 saturated carbocycles. The van der Waals surface area contributed by atoms with Gasteiger partial charge in [-0.05, 0) is 17.8 Å². The molecule has 0 aliphatic carbocycles. The van der Waals surface area contributed by atoms with Crippen LogP contribution in [0.15, 0.2) is 12.2 Å². The average molecular weight is 278 g/mol. The molecule has 1 fully saturated rings. The first-order valence-corrected chi connectivity index (χ1v) is 7.10. The highest BCUT2D eigenvalue weighted by Crippen LogP contribution is 2.33. The standard InChI is InChI=1S/C15H22N2O3/c1-15(2,3)11-6-8-16(10-11)12(18)7-9-17-13(19)4-5-14(17)20/h4-5,11H,6-10H2,1-3H3/t11-/m1/s1. The number of imide groups is 1. The van der Waals surface area contributed by atoms with Gasteiger partial charge in [0.15, 0.2) is 0 Å². The fourth-order valence-corrected chi connectivity index (χ4v) is 2.71. The Labute approximate surface area is 119 Å². The van der Waals surface area contributed by atoms with E-state index in [0.717, 1.165) is 24.4 Å². The van der Waals surface area contributed by atoms with E-state index in [1.165, 1.54) is 12.2 Å². The van der Waals surface area contributed by atoms with Gasteiger partial charge in [-0.2, -0.15) is 0 Å². The zero-order valence-electron chi connectivity index (χ0n) is 12.4. The van der Waals surface area contributed by atoms with Crippen LogP contribution >= 0.6 is 0 Å². The van der Waals surface area contributed by atoms with E-state index in [0.29, 0.717) is 5.92 Å². The van der Waals surface area contributed by atoms with E-state index < -0.39 is 0 Å². The fraction of sp³-hybridized carbons (Fsp3) is 0.667. The SMILES string of the molecule is CC(C)(C)[C@@H]1CCN(C(=O)CCN2C(=O)C=CC2=O)C1. The second kappa shape index (κ2) is 5.38. The van der Waals surface area contributed by atoms with Gasteiger partial charge < -0.3 is 4.90 Å². The molecule has 110 valence electrons. The molecule has 5 nitrogen and oxygen atoms in total. The van der Waals surface area contributed by atoms with Crippen molar-refractivity contribution in [3.05, 3.63) is 12.2 Å². The molecule has 1 saturated heterocycles. The minimum absolute atomic E-state index is 0.0317. The number of rotatable bonds is 3. The third-order valence-corrected chi connectivity index (χ3v) is 4.22. The lowest BCUT2D eigenvalue weighted by Crippen LogP contribution is -2.36. The van der Waals surface area contributed by atoms with E-state index in [-0.39, 0.29) is 36.1 Å². The van der Waals surface area contributed by atoms with E-state index in [9.17, 15) is 14.4 Å². The summed E-state index contributed by atoms with van der Waals surface area (Å²) in [4.78, 5) is 37.9. The predicted molar refractivity (Wildman–Crippen MR) is 74.6 cm³/mol. The quantitative estimate of drug-likeness (QED) is 0.729. The first-order valence-electron chi connectivity index (χ1n) is 7.10. The van der Waals surface area contributed by atoms with E-state index in [1.54, 1.807) is 0 Å². The third kappa shape index (κ3) is 3.08. The largest absolute Gasteiger partial charge is 0.342 e. The van der Waals surface area contributed by atoms with Crippen LogP contribution in [0.5, 0.6) is 0 Å². The molecule has 0 radical (unpaired) electrons. The molecule has 20 heavy (non-hydrogen) atoms. The van der Waals surface area contributed by atoms with E-state index >= 15 is 0 Å². The molecule has 0 N–H and O–H groups in total. The summed E-state index contributed by atoms with van der Waals surface area (Å²) in [6.07, 6.45) is 3.74. The van der Waals surface area contributed by atoms with Gasteiger partial charge in [-0.15, -0.1) is 0 Å². The second-order valence-corrected chi connectivity index (χ2v) is 6.60. The minimum Gasteiger partial charge on any atom is -0.342 e. The van der Waals surface area contributed by atoms with Gasteiger partial charge in [0.1, 0.15) is 0 Å². The van der Waals surface area contributed by atoms with Crippen LogP contribution in [0.4, 0.5) is 0 Å². The lowest BCUT2D eigenvalue weighted by Gasteiger charge is -2.27. The first kappa shape index (κ1) is 14.8. The first-order chi connectivity index (χ1) is 9.29. The van der Waals surface area contributed by atoms with E-state index in [2.05, 4.69) is 20.8 Å². The monoisotopic (exact) mass is 278 g/mol. The third-order valence-electron chi connectivity index (χ3n) is 4.22. The lowest BCUT2D eigenvalue weighted by molar-refractivity contribution is -0.138. The molecule has 2 aliphatic rings. The highest BCUT2D eigenvalue weighted by atomic mass is 16.2. The maximum absolute atomic E-state index is 12.1. The molecule has 0 aromatic heterocycles. The smallest absolute Gasteiger partial charge is 0.253 e.